The van der Waals surface area contributed by atoms with Gasteiger partial charge in [-0.15, -0.1) is 0 Å². The number of carbonyl (C=O) groups is 1. The Morgan fingerprint density at radius 2 is 2.00 bits per heavy atom. The summed E-state index contributed by atoms with van der Waals surface area (Å²) in [6.07, 6.45) is 1.80. The Morgan fingerprint density at radius 3 is 2.74 bits per heavy atom. The van der Waals surface area contributed by atoms with Crippen LogP contribution < -0.4 is 10.1 Å². The number of aliphatic hydroxyl groups is 1. The second kappa shape index (κ2) is 10.3. The van der Waals surface area contributed by atoms with Gasteiger partial charge in [0.1, 0.15) is 18.5 Å². The first-order valence-corrected chi connectivity index (χ1v) is 12.0. The van der Waals surface area contributed by atoms with Crippen LogP contribution >= 0.6 is 0 Å². The number of sulfonamides is 1. The Bertz CT molecular complexity index is 1010. The van der Waals surface area contributed by atoms with Gasteiger partial charge in [0.05, 0.1) is 4.90 Å². The smallest absolute Gasteiger partial charge is 0.251 e. The minimum Gasteiger partial charge on any atom is -0.491 e. The fourth-order valence-corrected chi connectivity index (χ4v) is 5.38. The largest absolute Gasteiger partial charge is 0.491 e. The van der Waals surface area contributed by atoms with Crippen molar-refractivity contribution in [1.29, 1.82) is 0 Å². The number of piperidine rings is 1. The highest BCUT2D eigenvalue weighted by atomic mass is 32.2. The molecule has 1 aliphatic rings. The van der Waals surface area contributed by atoms with Crippen molar-refractivity contribution >= 4 is 15.9 Å². The Hall–Kier alpha value is -2.42. The van der Waals surface area contributed by atoms with Crippen LogP contribution in [0.5, 0.6) is 5.75 Å². The van der Waals surface area contributed by atoms with Crippen molar-refractivity contribution in [3.05, 3.63) is 59.7 Å². The molecule has 1 saturated heterocycles. The summed E-state index contributed by atoms with van der Waals surface area (Å²) in [7, 11) is -3.66. The third-order valence-electron chi connectivity index (χ3n) is 5.38. The number of nitrogens with one attached hydrogen (secondary N) is 1. The first kappa shape index (κ1) is 23.2. The zero-order valence-corrected chi connectivity index (χ0v) is 18.8. The van der Waals surface area contributed by atoms with E-state index in [9.17, 15) is 18.3 Å². The lowest BCUT2D eigenvalue weighted by Gasteiger charge is -2.32. The van der Waals surface area contributed by atoms with Gasteiger partial charge in [-0.3, -0.25) is 4.79 Å². The van der Waals surface area contributed by atoms with Gasteiger partial charge in [0.2, 0.25) is 10.0 Å². The number of hydrogen-bond acceptors (Lipinski definition) is 5. The van der Waals surface area contributed by atoms with E-state index in [-0.39, 0.29) is 29.7 Å². The first-order valence-electron chi connectivity index (χ1n) is 10.5. The molecule has 2 aromatic carbocycles. The maximum Gasteiger partial charge on any atom is 0.251 e. The van der Waals surface area contributed by atoms with E-state index in [1.54, 1.807) is 18.2 Å². The quantitative estimate of drug-likeness (QED) is 0.650. The topological polar surface area (TPSA) is 95.9 Å². The van der Waals surface area contributed by atoms with E-state index < -0.39 is 22.0 Å². The van der Waals surface area contributed by atoms with Crippen molar-refractivity contribution < 1.29 is 23.1 Å². The van der Waals surface area contributed by atoms with Crippen LogP contribution in [-0.4, -0.2) is 55.6 Å². The van der Waals surface area contributed by atoms with Crippen LogP contribution in [0.15, 0.2) is 53.4 Å². The van der Waals surface area contributed by atoms with Crippen LogP contribution in [0.1, 0.15) is 42.1 Å². The van der Waals surface area contributed by atoms with Gasteiger partial charge in [0.15, 0.2) is 0 Å². The molecule has 1 fully saturated rings. The summed E-state index contributed by atoms with van der Waals surface area (Å²) in [5, 5.41) is 12.8. The predicted molar refractivity (Wildman–Crippen MR) is 119 cm³/mol. The molecule has 7 nitrogen and oxygen atoms in total. The minimum atomic E-state index is -3.66. The molecular formula is C23H30N2O5S. The summed E-state index contributed by atoms with van der Waals surface area (Å²) in [5.74, 6) is 0.202. The van der Waals surface area contributed by atoms with Crippen LogP contribution in [0.2, 0.25) is 0 Å². The molecule has 1 amide bonds. The molecule has 1 heterocycles. The second-order valence-electron chi connectivity index (χ2n) is 7.98. The highest BCUT2D eigenvalue weighted by molar-refractivity contribution is 7.89. The van der Waals surface area contributed by atoms with Crippen molar-refractivity contribution in [1.82, 2.24) is 9.62 Å². The molecule has 0 bridgehead atoms. The normalized spacial score (nSPS) is 18.4. The van der Waals surface area contributed by atoms with Gasteiger partial charge in [-0.1, -0.05) is 24.6 Å². The molecule has 2 atom stereocenters. The van der Waals surface area contributed by atoms with Crippen LogP contribution in [0.25, 0.3) is 0 Å². The average molecular weight is 447 g/mol. The monoisotopic (exact) mass is 446 g/mol. The fraction of sp³-hybridized carbons (Fsp3) is 0.435. The molecule has 0 aromatic heterocycles. The highest BCUT2D eigenvalue weighted by Crippen LogP contribution is 2.25. The molecule has 0 radical (unpaired) electrons. The third-order valence-corrected chi connectivity index (χ3v) is 7.38. The number of nitrogens with zero attached hydrogens (tertiary/aromatic N) is 1. The number of aryl methyl sites for hydroxylation is 1. The lowest BCUT2D eigenvalue weighted by molar-refractivity contribution is 0.0843. The summed E-state index contributed by atoms with van der Waals surface area (Å²) in [6, 6.07) is 13.4. The molecule has 2 N–H and O–H groups in total. The predicted octanol–water partition coefficient (Wildman–Crippen LogP) is 2.73. The Kier molecular flexibility index (Phi) is 7.69. The van der Waals surface area contributed by atoms with Crippen LogP contribution in [0, 0.1) is 6.92 Å². The van der Waals surface area contributed by atoms with E-state index in [0.717, 1.165) is 24.8 Å². The van der Waals surface area contributed by atoms with Gasteiger partial charge in [0, 0.05) is 24.7 Å². The summed E-state index contributed by atoms with van der Waals surface area (Å²) >= 11 is 0. The zero-order valence-electron chi connectivity index (χ0n) is 18.0. The lowest BCUT2D eigenvalue weighted by atomic mass is 10.1. The highest BCUT2D eigenvalue weighted by Gasteiger charge is 2.31. The Balaban J connectivity index is 1.58. The van der Waals surface area contributed by atoms with Crippen molar-refractivity contribution in [3.63, 3.8) is 0 Å². The second-order valence-corrected chi connectivity index (χ2v) is 9.87. The van der Waals surface area contributed by atoms with Gasteiger partial charge in [-0.05, 0) is 62.6 Å². The van der Waals surface area contributed by atoms with E-state index in [4.69, 9.17) is 4.74 Å². The summed E-state index contributed by atoms with van der Waals surface area (Å²) < 4.78 is 33.1. The summed E-state index contributed by atoms with van der Waals surface area (Å²) in [4.78, 5) is 12.6. The summed E-state index contributed by atoms with van der Waals surface area (Å²) in [6.45, 7) is 4.38. The Morgan fingerprint density at radius 1 is 1.23 bits per heavy atom. The number of hydrogen-bond donors (Lipinski definition) is 2. The molecule has 0 spiro atoms. The maximum atomic E-state index is 13.0. The Labute approximate surface area is 184 Å². The number of aliphatic hydroxyl groups excluding tert-OH is 1. The average Bonchev–Trinajstić information content (AvgIpc) is 2.76. The van der Waals surface area contributed by atoms with Crippen molar-refractivity contribution in [2.24, 2.45) is 0 Å². The van der Waals surface area contributed by atoms with Crippen LogP contribution in [0.4, 0.5) is 0 Å². The minimum absolute atomic E-state index is 0.00914. The number of carbonyl (C=O) groups excluding carboxylic acids is 1. The first-order chi connectivity index (χ1) is 14.8. The summed E-state index contributed by atoms with van der Waals surface area (Å²) in [5.41, 5.74) is 1.28. The van der Waals surface area contributed by atoms with E-state index in [1.807, 2.05) is 32.0 Å². The van der Waals surface area contributed by atoms with Crippen molar-refractivity contribution in [2.45, 2.75) is 50.2 Å². The van der Waals surface area contributed by atoms with Crippen molar-refractivity contribution in [3.8, 4) is 5.75 Å². The van der Waals surface area contributed by atoms with Gasteiger partial charge in [0.25, 0.3) is 5.91 Å². The van der Waals surface area contributed by atoms with E-state index in [2.05, 4.69) is 5.32 Å². The SMILES string of the molecule is Cc1cccc(OCC(O)CNC(=O)c2cccc(S(=O)(=O)N3CCCCC3C)c2)c1. The molecule has 31 heavy (non-hydrogen) atoms. The molecule has 1 aliphatic heterocycles. The van der Waals surface area contributed by atoms with Crippen LogP contribution in [0.3, 0.4) is 0 Å². The van der Waals surface area contributed by atoms with Gasteiger partial charge in [-0.2, -0.15) is 4.31 Å². The number of ether oxygens (including phenoxy) is 1. The number of amides is 1. The number of rotatable bonds is 8. The van der Waals surface area contributed by atoms with Gasteiger partial charge in [-0.25, -0.2) is 8.42 Å². The standard InChI is InChI=1S/C23H30N2O5S/c1-17-7-5-10-21(13-17)30-16-20(26)15-24-23(27)19-9-6-11-22(14-19)31(28,29)25-12-4-3-8-18(25)2/h5-7,9-11,13-14,18,20,26H,3-4,8,12,15-16H2,1-2H3,(H,24,27). The van der Waals surface area contributed by atoms with Gasteiger partial charge >= 0.3 is 0 Å². The van der Waals surface area contributed by atoms with E-state index >= 15 is 0 Å². The van der Waals surface area contributed by atoms with Gasteiger partial charge < -0.3 is 15.2 Å². The van der Waals surface area contributed by atoms with Crippen molar-refractivity contribution in [2.75, 3.05) is 19.7 Å². The number of benzene rings is 2. The molecule has 0 saturated carbocycles. The lowest BCUT2D eigenvalue weighted by Crippen LogP contribution is -2.42. The molecule has 8 heteroatoms. The third kappa shape index (κ3) is 6.06. The fourth-order valence-electron chi connectivity index (χ4n) is 3.63. The molecular weight excluding hydrogens is 416 g/mol. The van der Waals surface area contributed by atoms with Crippen LogP contribution in [-0.2, 0) is 10.0 Å². The van der Waals surface area contributed by atoms with E-state index in [0.29, 0.717) is 12.3 Å². The molecule has 2 aromatic rings. The molecule has 3 rings (SSSR count). The molecule has 2 unspecified atom stereocenters. The molecule has 0 aliphatic carbocycles. The maximum absolute atomic E-state index is 13.0. The zero-order chi connectivity index (χ0) is 22.4. The molecule has 168 valence electrons. The van der Waals surface area contributed by atoms with E-state index in [1.165, 1.54) is 16.4 Å².